The highest BCUT2D eigenvalue weighted by atomic mass is 16.4. The van der Waals surface area contributed by atoms with E-state index in [0.717, 1.165) is 19.3 Å². The predicted octanol–water partition coefficient (Wildman–Crippen LogP) is 0.766. The summed E-state index contributed by atoms with van der Waals surface area (Å²) in [6.07, 6.45) is 4.66. The number of hydrogen-bond donors (Lipinski definition) is 2. The molecule has 2 saturated carbocycles. The summed E-state index contributed by atoms with van der Waals surface area (Å²) in [5.74, 6) is -1.58. The smallest absolute Gasteiger partial charge is 0.307 e. The minimum atomic E-state index is -0.829. The van der Waals surface area contributed by atoms with Gasteiger partial charge in [-0.15, -0.1) is 0 Å². The van der Waals surface area contributed by atoms with Gasteiger partial charge in [-0.2, -0.15) is 0 Å². The van der Waals surface area contributed by atoms with Crippen molar-refractivity contribution in [2.45, 2.75) is 38.1 Å². The molecule has 2 aliphatic rings. The van der Waals surface area contributed by atoms with Gasteiger partial charge in [-0.3, -0.25) is 9.59 Å². The molecule has 2 fully saturated rings. The van der Waals surface area contributed by atoms with Gasteiger partial charge in [0.25, 0.3) is 0 Å². The average molecular weight is 197 g/mol. The maximum Gasteiger partial charge on any atom is 0.307 e. The van der Waals surface area contributed by atoms with Crippen molar-refractivity contribution in [3.05, 3.63) is 0 Å². The number of rotatable bonds is 3. The molecule has 0 bridgehead atoms. The van der Waals surface area contributed by atoms with Crippen LogP contribution in [0.4, 0.5) is 0 Å². The summed E-state index contributed by atoms with van der Waals surface area (Å²) in [6, 6.07) is 0.317. The van der Waals surface area contributed by atoms with E-state index < -0.39 is 11.9 Å². The van der Waals surface area contributed by atoms with Crippen molar-refractivity contribution in [2.24, 2.45) is 11.8 Å². The summed E-state index contributed by atoms with van der Waals surface area (Å²) in [7, 11) is 0. The second-order valence-electron chi connectivity index (χ2n) is 4.26. The van der Waals surface area contributed by atoms with E-state index in [2.05, 4.69) is 5.32 Å². The van der Waals surface area contributed by atoms with E-state index >= 15 is 0 Å². The summed E-state index contributed by atoms with van der Waals surface area (Å²) in [5.41, 5.74) is 0. The van der Waals surface area contributed by atoms with E-state index in [1.165, 1.54) is 6.42 Å². The van der Waals surface area contributed by atoms with Crippen molar-refractivity contribution in [2.75, 3.05) is 0 Å². The molecule has 0 saturated heterocycles. The van der Waals surface area contributed by atoms with E-state index in [0.29, 0.717) is 12.5 Å². The number of carboxylic acid groups (broad SMARTS) is 1. The zero-order valence-corrected chi connectivity index (χ0v) is 8.03. The highest BCUT2D eigenvalue weighted by molar-refractivity contribution is 5.86. The van der Waals surface area contributed by atoms with Crippen LogP contribution in [0.1, 0.15) is 32.1 Å². The number of hydrogen-bond acceptors (Lipinski definition) is 2. The van der Waals surface area contributed by atoms with Crippen molar-refractivity contribution < 1.29 is 14.7 Å². The number of carboxylic acids is 1. The van der Waals surface area contributed by atoms with E-state index in [-0.39, 0.29) is 11.8 Å². The first kappa shape index (κ1) is 9.49. The Kier molecular flexibility index (Phi) is 2.44. The van der Waals surface area contributed by atoms with Gasteiger partial charge >= 0.3 is 5.97 Å². The molecule has 2 rings (SSSR count). The Morgan fingerprint density at radius 2 is 1.71 bits per heavy atom. The zero-order valence-electron chi connectivity index (χ0n) is 8.03. The molecule has 2 aliphatic carbocycles. The number of aliphatic carboxylic acids is 1. The number of amides is 1. The molecule has 4 nitrogen and oxygen atoms in total. The molecule has 0 aromatic heterocycles. The van der Waals surface area contributed by atoms with Crippen LogP contribution in [0.2, 0.25) is 0 Å². The van der Waals surface area contributed by atoms with Gasteiger partial charge in [0.05, 0.1) is 11.8 Å². The maximum atomic E-state index is 11.6. The van der Waals surface area contributed by atoms with Crippen molar-refractivity contribution in [1.82, 2.24) is 5.32 Å². The third kappa shape index (κ3) is 1.61. The maximum absolute atomic E-state index is 11.6. The third-order valence-corrected chi connectivity index (χ3v) is 3.38. The first-order valence-corrected chi connectivity index (χ1v) is 5.21. The lowest BCUT2D eigenvalue weighted by molar-refractivity contribution is -0.153. The quantitative estimate of drug-likeness (QED) is 0.702. The predicted molar refractivity (Wildman–Crippen MR) is 49.6 cm³/mol. The first-order chi connectivity index (χ1) is 6.68. The average Bonchev–Trinajstić information content (AvgIpc) is 1.93. The molecule has 1 amide bonds. The Balaban J connectivity index is 1.82. The summed E-state index contributed by atoms with van der Waals surface area (Å²) < 4.78 is 0. The normalized spacial score (nSPS) is 31.4. The molecule has 0 aromatic carbocycles. The van der Waals surface area contributed by atoms with Crippen molar-refractivity contribution in [3.8, 4) is 0 Å². The molecule has 2 N–H and O–H groups in total. The van der Waals surface area contributed by atoms with Gasteiger partial charge in [0.2, 0.25) is 5.91 Å². The van der Waals surface area contributed by atoms with Crippen LogP contribution < -0.4 is 5.32 Å². The SMILES string of the molecule is O=C(O)C1CCC1C(=O)NC1CCC1. The summed E-state index contributed by atoms with van der Waals surface area (Å²) in [5, 5.41) is 11.7. The van der Waals surface area contributed by atoms with Crippen LogP contribution >= 0.6 is 0 Å². The van der Waals surface area contributed by atoms with Gasteiger partial charge in [-0.25, -0.2) is 0 Å². The van der Waals surface area contributed by atoms with Crippen LogP contribution in [0, 0.1) is 11.8 Å². The number of carbonyl (C=O) groups is 2. The molecular weight excluding hydrogens is 182 g/mol. The van der Waals surface area contributed by atoms with E-state index in [1.54, 1.807) is 0 Å². The molecule has 14 heavy (non-hydrogen) atoms. The van der Waals surface area contributed by atoms with Gasteiger partial charge < -0.3 is 10.4 Å². The second-order valence-corrected chi connectivity index (χ2v) is 4.26. The fourth-order valence-electron chi connectivity index (χ4n) is 1.97. The molecule has 0 radical (unpaired) electrons. The van der Waals surface area contributed by atoms with Crippen LogP contribution in [0.5, 0.6) is 0 Å². The minimum Gasteiger partial charge on any atom is -0.481 e. The molecule has 0 heterocycles. The molecule has 2 atom stereocenters. The molecule has 0 aliphatic heterocycles. The molecule has 2 unspecified atom stereocenters. The van der Waals surface area contributed by atoms with Gasteiger partial charge in [-0.05, 0) is 32.1 Å². The van der Waals surface area contributed by atoms with Crippen LogP contribution in [-0.2, 0) is 9.59 Å². The molecule has 78 valence electrons. The molecular formula is C10H15NO3. The summed E-state index contributed by atoms with van der Waals surface area (Å²) in [6.45, 7) is 0. The topological polar surface area (TPSA) is 66.4 Å². The monoisotopic (exact) mass is 197 g/mol. The number of carbonyl (C=O) groups excluding carboxylic acids is 1. The van der Waals surface area contributed by atoms with Crippen LogP contribution in [0.15, 0.2) is 0 Å². The standard InChI is InChI=1S/C10H15NO3/c12-9(11-6-2-1-3-6)7-4-5-8(7)10(13)14/h6-8H,1-5H2,(H,11,12)(H,13,14). The molecule has 0 spiro atoms. The Morgan fingerprint density at radius 1 is 1.07 bits per heavy atom. The summed E-state index contributed by atoms with van der Waals surface area (Å²) >= 11 is 0. The Hall–Kier alpha value is -1.06. The fraction of sp³-hybridized carbons (Fsp3) is 0.800. The van der Waals surface area contributed by atoms with Crippen LogP contribution in [-0.4, -0.2) is 23.0 Å². The Bertz CT molecular complexity index is 260. The second kappa shape index (κ2) is 3.59. The van der Waals surface area contributed by atoms with Crippen molar-refractivity contribution in [1.29, 1.82) is 0 Å². The van der Waals surface area contributed by atoms with Crippen LogP contribution in [0.25, 0.3) is 0 Å². The highest BCUT2D eigenvalue weighted by Crippen LogP contribution is 2.35. The highest BCUT2D eigenvalue weighted by Gasteiger charge is 2.42. The van der Waals surface area contributed by atoms with Gasteiger partial charge in [0, 0.05) is 6.04 Å². The lowest BCUT2D eigenvalue weighted by Crippen LogP contribution is -2.49. The Morgan fingerprint density at radius 3 is 2.07 bits per heavy atom. The summed E-state index contributed by atoms with van der Waals surface area (Å²) in [4.78, 5) is 22.3. The zero-order chi connectivity index (χ0) is 10.1. The Labute approximate surface area is 82.7 Å². The molecule has 0 aromatic rings. The van der Waals surface area contributed by atoms with Crippen molar-refractivity contribution >= 4 is 11.9 Å². The van der Waals surface area contributed by atoms with E-state index in [9.17, 15) is 9.59 Å². The third-order valence-electron chi connectivity index (χ3n) is 3.38. The first-order valence-electron chi connectivity index (χ1n) is 5.21. The van der Waals surface area contributed by atoms with Gasteiger partial charge in [-0.1, -0.05) is 0 Å². The van der Waals surface area contributed by atoms with Crippen molar-refractivity contribution in [3.63, 3.8) is 0 Å². The fourth-order valence-corrected chi connectivity index (χ4v) is 1.97. The molecule has 4 heteroatoms. The number of nitrogens with one attached hydrogen (secondary N) is 1. The lowest BCUT2D eigenvalue weighted by Gasteiger charge is -2.35. The van der Waals surface area contributed by atoms with E-state index in [4.69, 9.17) is 5.11 Å². The van der Waals surface area contributed by atoms with Crippen LogP contribution in [0.3, 0.4) is 0 Å². The van der Waals surface area contributed by atoms with Gasteiger partial charge in [0.1, 0.15) is 0 Å². The largest absolute Gasteiger partial charge is 0.481 e. The van der Waals surface area contributed by atoms with E-state index in [1.807, 2.05) is 0 Å². The lowest BCUT2D eigenvalue weighted by atomic mass is 9.73. The van der Waals surface area contributed by atoms with Gasteiger partial charge in [0.15, 0.2) is 0 Å². The minimum absolute atomic E-state index is 0.0478.